The number of alkyl halides is 3. The van der Waals surface area contributed by atoms with Crippen molar-refractivity contribution < 1.29 is 21.6 Å². The molecule has 0 aliphatic carbocycles. The van der Waals surface area contributed by atoms with Gasteiger partial charge in [0.2, 0.25) is 10.0 Å². The van der Waals surface area contributed by atoms with Crippen molar-refractivity contribution in [3.63, 3.8) is 0 Å². The van der Waals surface area contributed by atoms with Gasteiger partial charge in [-0.15, -0.1) is 11.3 Å². The number of rotatable bonds is 5. The maximum Gasteiger partial charge on any atom is 0.416 e. The predicted octanol–water partition coefficient (Wildman–Crippen LogP) is 6.22. The van der Waals surface area contributed by atoms with Gasteiger partial charge in [-0.05, 0) is 42.0 Å². The molecular weight excluding hydrogens is 554 g/mol. The Labute approximate surface area is 213 Å². The van der Waals surface area contributed by atoms with E-state index in [9.17, 15) is 21.6 Å². The van der Waals surface area contributed by atoms with Crippen molar-refractivity contribution in [1.82, 2.24) is 9.29 Å². The Balaban J connectivity index is 1.45. The van der Waals surface area contributed by atoms with Gasteiger partial charge in [-0.2, -0.15) is 17.5 Å². The first-order chi connectivity index (χ1) is 15.9. The molecule has 0 N–H and O–H groups in total. The third kappa shape index (κ3) is 5.63. The van der Waals surface area contributed by atoms with Crippen LogP contribution in [-0.4, -0.2) is 43.9 Å². The summed E-state index contributed by atoms with van der Waals surface area (Å²) in [7, 11) is -4.19. The number of thiazole rings is 1. The molecule has 1 fully saturated rings. The van der Waals surface area contributed by atoms with E-state index in [0.29, 0.717) is 35.6 Å². The molecule has 2 aromatic carbocycles. The topological polar surface area (TPSA) is 53.5 Å². The van der Waals surface area contributed by atoms with Crippen LogP contribution in [0.3, 0.4) is 0 Å². The number of halogens is 6. The summed E-state index contributed by atoms with van der Waals surface area (Å²) in [5, 5.41) is 3.47. The van der Waals surface area contributed by atoms with Crippen LogP contribution in [-0.2, 0) is 22.6 Å². The van der Waals surface area contributed by atoms with Crippen LogP contribution in [0, 0.1) is 0 Å². The Hall–Kier alpha value is -1.56. The first kappa shape index (κ1) is 25.5. The molecule has 0 radical (unpaired) electrons. The molecule has 13 heteroatoms. The van der Waals surface area contributed by atoms with Crippen molar-refractivity contribution in [3.05, 3.63) is 73.7 Å². The summed E-state index contributed by atoms with van der Waals surface area (Å²) in [5.74, 6) is 0. The molecule has 5 nitrogen and oxygen atoms in total. The van der Waals surface area contributed by atoms with Gasteiger partial charge in [-0.25, -0.2) is 13.4 Å². The fourth-order valence-electron chi connectivity index (χ4n) is 3.58. The molecule has 0 saturated carbocycles. The molecule has 0 unspecified atom stereocenters. The van der Waals surface area contributed by atoms with E-state index in [1.807, 2.05) is 22.4 Å². The van der Waals surface area contributed by atoms with Crippen molar-refractivity contribution in [3.8, 4) is 0 Å². The van der Waals surface area contributed by atoms with E-state index in [1.54, 1.807) is 6.07 Å². The molecule has 4 rings (SSSR count). The van der Waals surface area contributed by atoms with Crippen molar-refractivity contribution >= 4 is 61.3 Å². The van der Waals surface area contributed by atoms with E-state index < -0.39 is 26.7 Å². The zero-order valence-electron chi connectivity index (χ0n) is 17.3. The summed E-state index contributed by atoms with van der Waals surface area (Å²) in [6.07, 6.45) is -4.13. The van der Waals surface area contributed by atoms with Gasteiger partial charge in [0.1, 0.15) is 4.90 Å². The summed E-state index contributed by atoms with van der Waals surface area (Å²) < 4.78 is 66.4. The standard InChI is InChI=1S/C21H17Cl3F3N3O2S2/c22-15-7-13(8-16(23)11-15)9-17-12-33-20(28-17)29-3-5-30(6-4-29)34(31,32)19-10-14(21(25,26)27)1-2-18(19)24/h1-2,7-8,10-12H,3-6,9H2. The largest absolute Gasteiger partial charge is 0.416 e. The number of anilines is 1. The lowest BCUT2D eigenvalue weighted by molar-refractivity contribution is -0.137. The SMILES string of the molecule is O=S(=O)(c1cc(C(F)(F)F)ccc1Cl)N1CCN(c2nc(Cc3cc(Cl)cc(Cl)c3)cs2)CC1. The summed E-state index contributed by atoms with van der Waals surface area (Å²) >= 11 is 19.5. The number of aromatic nitrogens is 1. The minimum absolute atomic E-state index is 0.0910. The second kappa shape index (κ2) is 9.83. The van der Waals surface area contributed by atoms with Gasteiger partial charge >= 0.3 is 6.18 Å². The number of hydrogen-bond donors (Lipinski definition) is 0. The van der Waals surface area contributed by atoms with Gasteiger partial charge in [0.15, 0.2) is 5.13 Å². The van der Waals surface area contributed by atoms with E-state index in [2.05, 4.69) is 4.98 Å². The van der Waals surface area contributed by atoms with Crippen molar-refractivity contribution in [2.45, 2.75) is 17.5 Å². The van der Waals surface area contributed by atoms with Crippen LogP contribution in [0.15, 0.2) is 46.7 Å². The van der Waals surface area contributed by atoms with Crippen LogP contribution >= 0.6 is 46.1 Å². The van der Waals surface area contributed by atoms with Gasteiger partial charge in [-0.3, -0.25) is 0 Å². The van der Waals surface area contributed by atoms with E-state index >= 15 is 0 Å². The van der Waals surface area contributed by atoms with E-state index in [-0.39, 0.29) is 18.1 Å². The van der Waals surface area contributed by atoms with Gasteiger partial charge in [0.05, 0.1) is 16.3 Å². The highest BCUT2D eigenvalue weighted by atomic mass is 35.5. The second-order valence-corrected chi connectivity index (χ2v) is 11.6. The minimum Gasteiger partial charge on any atom is -0.345 e. The van der Waals surface area contributed by atoms with Crippen LogP contribution in [0.4, 0.5) is 18.3 Å². The number of sulfonamides is 1. The maximum absolute atomic E-state index is 13.1. The highest BCUT2D eigenvalue weighted by molar-refractivity contribution is 7.89. The van der Waals surface area contributed by atoms with Gasteiger partial charge in [0.25, 0.3) is 0 Å². The lowest BCUT2D eigenvalue weighted by Crippen LogP contribution is -2.48. The molecule has 1 saturated heterocycles. The fraction of sp³-hybridized carbons (Fsp3) is 0.286. The van der Waals surface area contributed by atoms with Crippen LogP contribution in [0.25, 0.3) is 0 Å². The van der Waals surface area contributed by atoms with Crippen molar-refractivity contribution in [2.24, 2.45) is 0 Å². The fourth-order valence-corrected chi connectivity index (χ4v) is 6.95. The maximum atomic E-state index is 13.1. The Morgan fingerprint density at radius 3 is 2.24 bits per heavy atom. The Bertz CT molecular complexity index is 1290. The highest BCUT2D eigenvalue weighted by Gasteiger charge is 2.35. The van der Waals surface area contributed by atoms with Crippen LogP contribution in [0.2, 0.25) is 15.1 Å². The minimum atomic E-state index is -4.67. The molecule has 0 amide bonds. The van der Waals surface area contributed by atoms with Gasteiger partial charge in [0, 0.05) is 48.0 Å². The van der Waals surface area contributed by atoms with Crippen LogP contribution in [0.1, 0.15) is 16.8 Å². The zero-order valence-corrected chi connectivity index (χ0v) is 21.2. The normalized spacial score (nSPS) is 15.6. The highest BCUT2D eigenvalue weighted by Crippen LogP contribution is 2.35. The number of hydrogen-bond acceptors (Lipinski definition) is 5. The molecule has 0 bridgehead atoms. The van der Waals surface area contributed by atoms with E-state index in [4.69, 9.17) is 34.8 Å². The summed E-state index contributed by atoms with van der Waals surface area (Å²) in [6.45, 7) is 0.860. The molecule has 3 aromatic rings. The quantitative estimate of drug-likeness (QED) is 0.365. The molecule has 34 heavy (non-hydrogen) atoms. The smallest absolute Gasteiger partial charge is 0.345 e. The average molecular weight is 571 g/mol. The first-order valence-corrected chi connectivity index (χ1v) is 13.4. The second-order valence-electron chi connectivity index (χ2n) is 7.61. The number of piperazine rings is 1. The third-order valence-electron chi connectivity index (χ3n) is 5.23. The molecule has 0 atom stereocenters. The number of nitrogens with zero attached hydrogens (tertiary/aromatic N) is 3. The monoisotopic (exact) mass is 569 g/mol. The molecule has 2 heterocycles. The van der Waals surface area contributed by atoms with Crippen molar-refractivity contribution in [2.75, 3.05) is 31.1 Å². The first-order valence-electron chi connectivity index (χ1n) is 9.95. The van der Waals surface area contributed by atoms with E-state index in [1.165, 1.54) is 11.3 Å². The lowest BCUT2D eigenvalue weighted by Gasteiger charge is -2.34. The summed E-state index contributed by atoms with van der Waals surface area (Å²) in [6, 6.07) is 7.58. The van der Waals surface area contributed by atoms with Crippen LogP contribution < -0.4 is 4.90 Å². The predicted molar refractivity (Wildman–Crippen MR) is 129 cm³/mol. The molecule has 182 valence electrons. The summed E-state index contributed by atoms with van der Waals surface area (Å²) in [5.41, 5.74) is 0.678. The van der Waals surface area contributed by atoms with Gasteiger partial charge in [-0.1, -0.05) is 34.8 Å². The average Bonchev–Trinajstić information content (AvgIpc) is 3.21. The molecule has 1 aliphatic rings. The zero-order chi connectivity index (χ0) is 24.7. The lowest BCUT2D eigenvalue weighted by atomic mass is 10.1. The summed E-state index contributed by atoms with van der Waals surface area (Å²) in [4.78, 5) is 6.03. The van der Waals surface area contributed by atoms with Crippen molar-refractivity contribution in [1.29, 1.82) is 0 Å². The van der Waals surface area contributed by atoms with E-state index in [0.717, 1.165) is 32.8 Å². The molecular formula is C21H17Cl3F3N3O2S2. The Kier molecular flexibility index (Phi) is 7.38. The molecule has 1 aliphatic heterocycles. The number of benzene rings is 2. The Morgan fingerprint density at radius 1 is 0.971 bits per heavy atom. The third-order valence-corrected chi connectivity index (χ3v) is 9.00. The van der Waals surface area contributed by atoms with Gasteiger partial charge < -0.3 is 4.90 Å². The molecule has 1 aromatic heterocycles. The Morgan fingerprint density at radius 2 is 1.62 bits per heavy atom. The molecule has 0 spiro atoms. The van der Waals surface area contributed by atoms with Crippen LogP contribution in [0.5, 0.6) is 0 Å².